The fourth-order valence-electron chi connectivity index (χ4n) is 2.91. The highest BCUT2D eigenvalue weighted by Crippen LogP contribution is 2.27. The van der Waals surface area contributed by atoms with Crippen LogP contribution in [0.1, 0.15) is 37.6 Å². The molecule has 0 aliphatic carbocycles. The number of carbonyl (C=O) groups is 1. The van der Waals surface area contributed by atoms with Crippen LogP contribution in [0.2, 0.25) is 0 Å². The molecule has 0 radical (unpaired) electrons. The number of benzene rings is 2. The Kier molecular flexibility index (Phi) is 6.09. The molecule has 0 aliphatic heterocycles. The SMILES string of the molecule is COc1ccccc1N(C)C(=O)CCc1nc(-c2ccc(C(C)C)cc2)no1. The molecular formula is C22H25N3O3. The monoisotopic (exact) mass is 379 g/mol. The van der Waals surface area contributed by atoms with E-state index in [0.717, 1.165) is 11.3 Å². The maximum Gasteiger partial charge on any atom is 0.227 e. The molecule has 0 saturated carbocycles. The molecule has 0 saturated heterocycles. The highest BCUT2D eigenvalue weighted by atomic mass is 16.5. The van der Waals surface area contributed by atoms with Crippen molar-refractivity contribution in [1.82, 2.24) is 10.1 Å². The van der Waals surface area contributed by atoms with Gasteiger partial charge in [0.2, 0.25) is 17.6 Å². The van der Waals surface area contributed by atoms with Crippen molar-refractivity contribution in [1.29, 1.82) is 0 Å². The molecule has 1 aromatic heterocycles. The Balaban J connectivity index is 1.63. The molecule has 1 amide bonds. The number of rotatable bonds is 7. The molecular weight excluding hydrogens is 354 g/mol. The number of carbonyl (C=O) groups excluding carboxylic acids is 1. The molecule has 1 heterocycles. The third kappa shape index (κ3) is 4.39. The van der Waals surface area contributed by atoms with Gasteiger partial charge in [-0.25, -0.2) is 0 Å². The van der Waals surface area contributed by atoms with E-state index in [9.17, 15) is 4.79 Å². The maximum absolute atomic E-state index is 12.5. The highest BCUT2D eigenvalue weighted by Gasteiger charge is 2.17. The van der Waals surface area contributed by atoms with Gasteiger partial charge in [0.25, 0.3) is 0 Å². The lowest BCUT2D eigenvalue weighted by atomic mass is 10.0. The van der Waals surface area contributed by atoms with E-state index in [1.54, 1.807) is 19.1 Å². The van der Waals surface area contributed by atoms with Gasteiger partial charge in [-0.1, -0.05) is 55.4 Å². The summed E-state index contributed by atoms with van der Waals surface area (Å²) in [6.45, 7) is 4.31. The van der Waals surface area contributed by atoms with Crippen molar-refractivity contribution in [3.8, 4) is 17.1 Å². The van der Waals surface area contributed by atoms with E-state index < -0.39 is 0 Å². The minimum atomic E-state index is -0.0504. The predicted octanol–water partition coefficient (Wildman–Crippen LogP) is 4.46. The zero-order valence-corrected chi connectivity index (χ0v) is 16.7. The molecule has 0 aliphatic rings. The number of para-hydroxylation sites is 2. The van der Waals surface area contributed by atoms with Gasteiger partial charge in [0.05, 0.1) is 12.8 Å². The number of methoxy groups -OCH3 is 1. The number of hydrogen-bond acceptors (Lipinski definition) is 5. The zero-order chi connectivity index (χ0) is 20.1. The summed E-state index contributed by atoms with van der Waals surface area (Å²) in [7, 11) is 3.32. The molecule has 0 fully saturated rings. The van der Waals surface area contributed by atoms with Gasteiger partial charge in [0.15, 0.2) is 0 Å². The summed E-state index contributed by atoms with van der Waals surface area (Å²) >= 11 is 0. The van der Waals surface area contributed by atoms with Crippen molar-refractivity contribution >= 4 is 11.6 Å². The first-order chi connectivity index (χ1) is 13.5. The van der Waals surface area contributed by atoms with Crippen LogP contribution in [0.25, 0.3) is 11.4 Å². The topological polar surface area (TPSA) is 68.5 Å². The van der Waals surface area contributed by atoms with Crippen molar-refractivity contribution in [2.24, 2.45) is 0 Å². The minimum absolute atomic E-state index is 0.0504. The van der Waals surface area contributed by atoms with Crippen LogP contribution in [-0.2, 0) is 11.2 Å². The summed E-state index contributed by atoms with van der Waals surface area (Å²) in [5.74, 6) is 2.07. The first-order valence-electron chi connectivity index (χ1n) is 9.32. The first-order valence-corrected chi connectivity index (χ1v) is 9.32. The van der Waals surface area contributed by atoms with Gasteiger partial charge >= 0.3 is 0 Å². The van der Waals surface area contributed by atoms with Crippen molar-refractivity contribution in [3.63, 3.8) is 0 Å². The Morgan fingerprint density at radius 1 is 1.14 bits per heavy atom. The molecule has 28 heavy (non-hydrogen) atoms. The summed E-state index contributed by atoms with van der Waals surface area (Å²) < 4.78 is 10.6. The number of anilines is 1. The Morgan fingerprint density at radius 2 is 1.86 bits per heavy atom. The van der Waals surface area contributed by atoms with Gasteiger partial charge in [-0.2, -0.15) is 4.98 Å². The summed E-state index contributed by atoms with van der Waals surface area (Å²) in [5.41, 5.74) is 2.89. The summed E-state index contributed by atoms with van der Waals surface area (Å²) in [4.78, 5) is 18.5. The van der Waals surface area contributed by atoms with Gasteiger partial charge in [-0.3, -0.25) is 4.79 Å². The number of ether oxygens (including phenoxy) is 1. The molecule has 0 spiro atoms. The lowest BCUT2D eigenvalue weighted by Gasteiger charge is -2.19. The van der Waals surface area contributed by atoms with E-state index >= 15 is 0 Å². The van der Waals surface area contributed by atoms with Gasteiger partial charge in [0, 0.05) is 25.5 Å². The largest absolute Gasteiger partial charge is 0.495 e. The van der Waals surface area contributed by atoms with Crippen LogP contribution in [0.5, 0.6) is 5.75 Å². The van der Waals surface area contributed by atoms with Crippen LogP contribution in [-0.4, -0.2) is 30.2 Å². The second-order valence-electron chi connectivity index (χ2n) is 6.91. The lowest BCUT2D eigenvalue weighted by molar-refractivity contribution is -0.118. The van der Waals surface area contributed by atoms with Gasteiger partial charge in [-0.15, -0.1) is 0 Å². The Morgan fingerprint density at radius 3 is 2.54 bits per heavy atom. The van der Waals surface area contributed by atoms with Crippen LogP contribution in [0.3, 0.4) is 0 Å². The third-order valence-electron chi connectivity index (χ3n) is 4.68. The molecule has 0 unspecified atom stereocenters. The molecule has 0 bridgehead atoms. The fourth-order valence-corrected chi connectivity index (χ4v) is 2.91. The van der Waals surface area contributed by atoms with E-state index in [1.165, 1.54) is 5.56 Å². The summed E-state index contributed by atoms with van der Waals surface area (Å²) in [6, 6.07) is 15.5. The van der Waals surface area contributed by atoms with Crippen LogP contribution in [0, 0.1) is 0 Å². The fraction of sp³-hybridized carbons (Fsp3) is 0.318. The highest BCUT2D eigenvalue weighted by molar-refractivity contribution is 5.94. The van der Waals surface area contributed by atoms with Crippen molar-refractivity contribution < 1.29 is 14.1 Å². The number of amides is 1. The number of aromatic nitrogens is 2. The van der Waals surface area contributed by atoms with Gasteiger partial charge in [-0.05, 0) is 23.6 Å². The smallest absolute Gasteiger partial charge is 0.227 e. The standard InChI is InChI=1S/C22H25N3O3/c1-15(2)16-9-11-17(12-10-16)22-23-20(28-24-22)13-14-21(26)25(3)18-7-5-6-8-19(18)27-4/h5-12,15H,13-14H2,1-4H3. The van der Waals surface area contributed by atoms with Crippen LogP contribution < -0.4 is 9.64 Å². The molecule has 6 nitrogen and oxygen atoms in total. The van der Waals surface area contributed by atoms with Crippen molar-refractivity contribution in [2.45, 2.75) is 32.6 Å². The second kappa shape index (κ2) is 8.69. The molecule has 6 heteroatoms. The number of aryl methyl sites for hydroxylation is 1. The van der Waals surface area contributed by atoms with Gasteiger partial charge < -0.3 is 14.2 Å². The number of hydrogen-bond donors (Lipinski definition) is 0. The molecule has 3 rings (SSSR count). The molecule has 0 N–H and O–H groups in total. The lowest BCUT2D eigenvalue weighted by Crippen LogP contribution is -2.26. The Hall–Kier alpha value is -3.15. The van der Waals surface area contributed by atoms with Crippen molar-refractivity contribution in [3.05, 3.63) is 60.0 Å². The summed E-state index contributed by atoms with van der Waals surface area (Å²) in [6.07, 6.45) is 0.651. The van der Waals surface area contributed by atoms with E-state index in [4.69, 9.17) is 9.26 Å². The second-order valence-corrected chi connectivity index (χ2v) is 6.91. The normalized spacial score (nSPS) is 10.9. The average Bonchev–Trinajstić information content (AvgIpc) is 3.20. The average molecular weight is 379 g/mol. The van der Waals surface area contributed by atoms with Crippen LogP contribution >= 0.6 is 0 Å². The van der Waals surface area contributed by atoms with Crippen LogP contribution in [0.15, 0.2) is 53.1 Å². The van der Waals surface area contributed by atoms with E-state index in [-0.39, 0.29) is 12.3 Å². The molecule has 3 aromatic rings. The molecule has 0 atom stereocenters. The predicted molar refractivity (Wildman–Crippen MR) is 109 cm³/mol. The maximum atomic E-state index is 12.5. The summed E-state index contributed by atoms with van der Waals surface area (Å²) in [5, 5.41) is 4.04. The number of nitrogens with zero attached hydrogens (tertiary/aromatic N) is 3. The minimum Gasteiger partial charge on any atom is -0.495 e. The first kappa shape index (κ1) is 19.6. The molecule has 146 valence electrons. The zero-order valence-electron chi connectivity index (χ0n) is 16.7. The van der Waals surface area contributed by atoms with Crippen LogP contribution in [0.4, 0.5) is 5.69 Å². The van der Waals surface area contributed by atoms with Gasteiger partial charge in [0.1, 0.15) is 5.75 Å². The third-order valence-corrected chi connectivity index (χ3v) is 4.68. The Bertz CT molecular complexity index is 932. The van der Waals surface area contributed by atoms with E-state index in [1.807, 2.05) is 36.4 Å². The van der Waals surface area contributed by atoms with E-state index in [2.05, 4.69) is 36.1 Å². The molecule has 2 aromatic carbocycles. The van der Waals surface area contributed by atoms with E-state index in [0.29, 0.717) is 29.8 Å². The Labute approximate surface area is 165 Å². The quantitative estimate of drug-likeness (QED) is 0.606. The van der Waals surface area contributed by atoms with Crippen molar-refractivity contribution in [2.75, 3.05) is 19.1 Å².